The maximum Gasteiger partial charge on any atom is 0.229 e. The molecule has 1 aliphatic carbocycles. The number of para-hydroxylation sites is 1. The number of nitrogens with zero attached hydrogens (tertiary/aromatic N) is 2. The average molecular weight is 459 g/mol. The molecule has 0 aliphatic heterocycles. The third-order valence-electron chi connectivity index (χ3n) is 5.52. The van der Waals surface area contributed by atoms with Gasteiger partial charge < -0.3 is 24.8 Å². The van der Waals surface area contributed by atoms with Crippen molar-refractivity contribution >= 4 is 40.8 Å². The van der Waals surface area contributed by atoms with Crippen LogP contribution < -0.4 is 20.1 Å². The first-order valence-corrected chi connectivity index (χ1v) is 10.9. The first-order chi connectivity index (χ1) is 15.3. The van der Waals surface area contributed by atoms with Gasteiger partial charge in [0.15, 0.2) is 0 Å². The molecule has 1 saturated carbocycles. The van der Waals surface area contributed by atoms with Crippen molar-refractivity contribution in [2.24, 2.45) is 0 Å². The van der Waals surface area contributed by atoms with E-state index in [1.54, 1.807) is 14.2 Å². The van der Waals surface area contributed by atoms with E-state index in [1.165, 1.54) is 32.1 Å². The average Bonchev–Trinajstić information content (AvgIpc) is 2.81. The Kier molecular flexibility index (Phi) is 8.76. The molecule has 2 aromatic carbocycles. The summed E-state index contributed by atoms with van der Waals surface area (Å²) in [5.41, 5.74) is 1.68. The maximum absolute atomic E-state index is 5.63. The van der Waals surface area contributed by atoms with Crippen LogP contribution in [-0.4, -0.2) is 43.4 Å². The van der Waals surface area contributed by atoms with Crippen molar-refractivity contribution in [2.75, 3.05) is 38.1 Å². The van der Waals surface area contributed by atoms with Crippen LogP contribution in [0.25, 0.3) is 10.9 Å². The molecule has 7 nitrogen and oxygen atoms in total. The topological polar surface area (TPSA) is 77.5 Å². The summed E-state index contributed by atoms with van der Waals surface area (Å²) in [5, 5.41) is 7.95. The number of aromatic nitrogens is 2. The fourth-order valence-electron chi connectivity index (χ4n) is 3.90. The molecule has 0 bridgehead atoms. The third-order valence-corrected chi connectivity index (χ3v) is 5.52. The van der Waals surface area contributed by atoms with Crippen molar-refractivity contribution in [1.29, 1.82) is 0 Å². The number of nitrogens with one attached hydrogen (secondary N) is 2. The van der Waals surface area contributed by atoms with Gasteiger partial charge in [-0.2, -0.15) is 4.98 Å². The van der Waals surface area contributed by atoms with Gasteiger partial charge in [0, 0.05) is 24.2 Å². The van der Waals surface area contributed by atoms with Crippen LogP contribution in [0.3, 0.4) is 0 Å². The van der Waals surface area contributed by atoms with Crippen LogP contribution in [0, 0.1) is 0 Å². The second-order valence-corrected chi connectivity index (χ2v) is 7.72. The minimum Gasteiger partial charge on any atom is -0.494 e. The zero-order chi connectivity index (χ0) is 21.5. The predicted octanol–water partition coefficient (Wildman–Crippen LogP) is 5.57. The summed E-state index contributed by atoms with van der Waals surface area (Å²) in [6.45, 7) is 1.08. The number of hydrogen-bond acceptors (Lipinski definition) is 7. The molecule has 0 spiro atoms. The summed E-state index contributed by atoms with van der Waals surface area (Å²) in [5.74, 6) is 2.90. The van der Waals surface area contributed by atoms with Crippen molar-refractivity contribution in [1.82, 2.24) is 9.97 Å². The highest BCUT2D eigenvalue weighted by molar-refractivity contribution is 5.94. The van der Waals surface area contributed by atoms with Crippen LogP contribution in [0.2, 0.25) is 0 Å². The van der Waals surface area contributed by atoms with Gasteiger partial charge in [-0.05, 0) is 49.2 Å². The molecule has 4 rings (SSSR count). The SMILES string of the molecule is COCCOc1ccc(Nc2nc(NC3CCCCC3)c3cccc(OC)c3n2)cc1.Cl. The largest absolute Gasteiger partial charge is 0.494 e. The monoisotopic (exact) mass is 458 g/mol. The van der Waals surface area contributed by atoms with E-state index in [0.29, 0.717) is 25.2 Å². The zero-order valence-corrected chi connectivity index (χ0v) is 19.4. The van der Waals surface area contributed by atoms with Crippen LogP contribution in [0.1, 0.15) is 32.1 Å². The predicted molar refractivity (Wildman–Crippen MR) is 131 cm³/mol. The van der Waals surface area contributed by atoms with Gasteiger partial charge in [-0.3, -0.25) is 0 Å². The summed E-state index contributed by atoms with van der Waals surface area (Å²) in [6, 6.07) is 14.1. The highest BCUT2D eigenvalue weighted by Gasteiger charge is 2.17. The molecule has 1 aliphatic rings. The van der Waals surface area contributed by atoms with Gasteiger partial charge in [-0.1, -0.05) is 25.3 Å². The van der Waals surface area contributed by atoms with Crippen LogP contribution in [0.4, 0.5) is 17.5 Å². The summed E-state index contributed by atoms with van der Waals surface area (Å²) in [7, 11) is 3.33. The zero-order valence-electron chi connectivity index (χ0n) is 18.6. The number of hydrogen-bond donors (Lipinski definition) is 2. The van der Waals surface area contributed by atoms with Gasteiger partial charge in [-0.15, -0.1) is 12.4 Å². The van der Waals surface area contributed by atoms with Crippen molar-refractivity contribution < 1.29 is 14.2 Å². The van der Waals surface area contributed by atoms with Crippen molar-refractivity contribution in [2.45, 2.75) is 38.1 Å². The summed E-state index contributed by atoms with van der Waals surface area (Å²) >= 11 is 0. The Bertz CT molecular complexity index is 994. The first-order valence-electron chi connectivity index (χ1n) is 10.9. The fraction of sp³-hybridized carbons (Fsp3) is 0.417. The van der Waals surface area contributed by atoms with Gasteiger partial charge in [0.05, 0.1) is 13.7 Å². The first kappa shape index (κ1) is 23.9. The highest BCUT2D eigenvalue weighted by Crippen LogP contribution is 2.32. The molecule has 8 heteroatoms. The molecule has 3 aromatic rings. The maximum atomic E-state index is 5.63. The lowest BCUT2D eigenvalue weighted by Crippen LogP contribution is -2.23. The van der Waals surface area contributed by atoms with Gasteiger partial charge in [0.2, 0.25) is 5.95 Å². The molecular formula is C24H31ClN4O3. The van der Waals surface area contributed by atoms with Crippen LogP contribution >= 0.6 is 12.4 Å². The molecular weight excluding hydrogens is 428 g/mol. The Morgan fingerprint density at radius 2 is 1.72 bits per heavy atom. The van der Waals surface area contributed by atoms with Crippen LogP contribution in [0.15, 0.2) is 42.5 Å². The third kappa shape index (κ3) is 5.93. The van der Waals surface area contributed by atoms with Crippen molar-refractivity contribution in [3.63, 3.8) is 0 Å². The van der Waals surface area contributed by atoms with Gasteiger partial charge in [0.1, 0.15) is 29.4 Å². The smallest absolute Gasteiger partial charge is 0.229 e. The molecule has 0 radical (unpaired) electrons. The molecule has 172 valence electrons. The lowest BCUT2D eigenvalue weighted by atomic mass is 9.95. The molecule has 1 aromatic heterocycles. The Morgan fingerprint density at radius 1 is 0.938 bits per heavy atom. The molecule has 0 atom stereocenters. The molecule has 2 N–H and O–H groups in total. The minimum atomic E-state index is 0. The van der Waals surface area contributed by atoms with E-state index in [0.717, 1.165) is 33.9 Å². The summed E-state index contributed by atoms with van der Waals surface area (Å²) in [4.78, 5) is 9.56. The second-order valence-electron chi connectivity index (χ2n) is 7.72. The summed E-state index contributed by atoms with van der Waals surface area (Å²) in [6.07, 6.45) is 6.17. The Hall–Kier alpha value is -2.77. The Morgan fingerprint density at radius 3 is 2.44 bits per heavy atom. The van der Waals surface area contributed by atoms with E-state index in [1.807, 2.05) is 42.5 Å². The quantitative estimate of drug-likeness (QED) is 0.405. The van der Waals surface area contributed by atoms with E-state index in [2.05, 4.69) is 10.6 Å². The molecule has 0 amide bonds. The lowest BCUT2D eigenvalue weighted by molar-refractivity contribution is 0.146. The minimum absolute atomic E-state index is 0. The number of halogens is 1. The normalized spacial score (nSPS) is 13.9. The molecule has 0 saturated heterocycles. The van der Waals surface area contributed by atoms with E-state index in [4.69, 9.17) is 24.2 Å². The highest BCUT2D eigenvalue weighted by atomic mass is 35.5. The molecule has 32 heavy (non-hydrogen) atoms. The lowest BCUT2D eigenvalue weighted by Gasteiger charge is -2.24. The number of benzene rings is 2. The van der Waals surface area contributed by atoms with Gasteiger partial charge in [-0.25, -0.2) is 4.98 Å². The molecule has 1 fully saturated rings. The number of rotatable bonds is 9. The number of methoxy groups -OCH3 is 2. The van der Waals surface area contributed by atoms with E-state index >= 15 is 0 Å². The molecule has 0 unspecified atom stereocenters. The van der Waals surface area contributed by atoms with E-state index in [-0.39, 0.29) is 12.4 Å². The van der Waals surface area contributed by atoms with E-state index in [9.17, 15) is 0 Å². The number of fused-ring (bicyclic) bond motifs is 1. The van der Waals surface area contributed by atoms with Crippen LogP contribution in [-0.2, 0) is 4.74 Å². The number of anilines is 3. The Balaban J connectivity index is 0.00000289. The standard InChI is InChI=1S/C24H30N4O3.ClH/c1-29-15-16-31-19-13-11-18(12-14-19)26-24-27-22-20(9-6-10-21(22)30-2)23(28-24)25-17-7-4-3-5-8-17;/h6,9-14,17H,3-5,7-8,15-16H2,1-2H3,(H2,25,26,27,28);1H. The number of ether oxygens (including phenoxy) is 3. The van der Waals surface area contributed by atoms with Gasteiger partial charge >= 0.3 is 0 Å². The van der Waals surface area contributed by atoms with Crippen molar-refractivity contribution in [3.05, 3.63) is 42.5 Å². The molecule has 1 heterocycles. The summed E-state index contributed by atoms with van der Waals surface area (Å²) < 4.78 is 16.2. The fourth-order valence-corrected chi connectivity index (χ4v) is 3.90. The van der Waals surface area contributed by atoms with Crippen LogP contribution in [0.5, 0.6) is 11.5 Å². The van der Waals surface area contributed by atoms with Gasteiger partial charge in [0.25, 0.3) is 0 Å². The Labute approximate surface area is 195 Å². The second kappa shape index (κ2) is 11.7. The van der Waals surface area contributed by atoms with E-state index < -0.39 is 0 Å². The van der Waals surface area contributed by atoms with Crippen molar-refractivity contribution in [3.8, 4) is 11.5 Å².